The van der Waals surface area contributed by atoms with Crippen LogP contribution in [0.15, 0.2) is 35.5 Å². The van der Waals surface area contributed by atoms with Gasteiger partial charge in [-0.05, 0) is 12.0 Å². The maximum absolute atomic E-state index is 12.8. The lowest BCUT2D eigenvalue weighted by Crippen LogP contribution is -2.39. The molecule has 4 nitrogen and oxygen atoms in total. The zero-order valence-electron chi connectivity index (χ0n) is 11.2. The monoisotopic (exact) mass is 279 g/mol. The second-order valence-corrected chi connectivity index (χ2v) is 5.16. The van der Waals surface area contributed by atoms with Crippen molar-refractivity contribution in [3.8, 4) is 0 Å². The molecule has 0 saturated carbocycles. The van der Waals surface area contributed by atoms with Crippen molar-refractivity contribution in [2.24, 2.45) is 11.1 Å². The van der Waals surface area contributed by atoms with Gasteiger partial charge < -0.3 is 14.3 Å². The van der Waals surface area contributed by atoms with E-state index in [4.69, 9.17) is 14.3 Å². The summed E-state index contributed by atoms with van der Waals surface area (Å²) in [6, 6.07) is 10.00. The Bertz CT molecular complexity index is 465. The third-order valence-electron chi connectivity index (χ3n) is 3.73. The summed E-state index contributed by atoms with van der Waals surface area (Å²) in [6.45, 7) is 0.989. The molecule has 5 heteroatoms. The molecular weight excluding hydrogens is 261 g/mol. The van der Waals surface area contributed by atoms with E-state index in [0.717, 1.165) is 11.3 Å². The predicted octanol–water partition coefficient (Wildman–Crippen LogP) is 2.33. The molecule has 108 valence electrons. The number of fused-ring (bicyclic) bond motifs is 1. The number of rotatable bonds is 5. The molecule has 0 aromatic heterocycles. The lowest BCUT2D eigenvalue weighted by atomic mass is 9.90. The van der Waals surface area contributed by atoms with E-state index in [2.05, 4.69) is 5.16 Å². The molecule has 1 aromatic rings. The molecule has 0 radical (unpaired) electrons. The van der Waals surface area contributed by atoms with E-state index in [1.165, 1.54) is 0 Å². The summed E-state index contributed by atoms with van der Waals surface area (Å²) < 4.78 is 24.1. The van der Waals surface area contributed by atoms with Crippen LogP contribution in [-0.4, -0.2) is 37.8 Å². The van der Waals surface area contributed by atoms with Crippen LogP contribution in [0.5, 0.6) is 0 Å². The number of oxime groups is 1. The van der Waals surface area contributed by atoms with Crippen LogP contribution in [0.3, 0.4) is 0 Å². The van der Waals surface area contributed by atoms with E-state index >= 15 is 0 Å². The molecule has 1 aromatic carbocycles. The van der Waals surface area contributed by atoms with Gasteiger partial charge in [-0.15, -0.1) is 0 Å². The van der Waals surface area contributed by atoms with Crippen LogP contribution in [0, 0.1) is 5.92 Å². The molecule has 1 saturated heterocycles. The number of halogens is 1. The smallest absolute Gasteiger partial charge is 0.164 e. The van der Waals surface area contributed by atoms with Crippen molar-refractivity contribution in [3.63, 3.8) is 0 Å². The van der Waals surface area contributed by atoms with Crippen LogP contribution in [0.25, 0.3) is 0 Å². The van der Waals surface area contributed by atoms with Gasteiger partial charge in [-0.2, -0.15) is 0 Å². The summed E-state index contributed by atoms with van der Waals surface area (Å²) in [5, 5.41) is 3.88. The highest BCUT2D eigenvalue weighted by Gasteiger charge is 2.39. The molecule has 0 aliphatic carbocycles. The third-order valence-corrected chi connectivity index (χ3v) is 3.73. The maximum Gasteiger partial charge on any atom is 0.164 e. The van der Waals surface area contributed by atoms with Crippen molar-refractivity contribution in [3.05, 3.63) is 35.9 Å². The van der Waals surface area contributed by atoms with Gasteiger partial charge in [0.15, 0.2) is 6.10 Å². The largest absolute Gasteiger partial charge is 0.389 e. The number of hydrogen-bond donors (Lipinski definition) is 0. The lowest BCUT2D eigenvalue weighted by molar-refractivity contribution is -0.0379. The molecule has 0 amide bonds. The van der Waals surface area contributed by atoms with Crippen LogP contribution < -0.4 is 0 Å². The van der Waals surface area contributed by atoms with E-state index in [1.54, 1.807) is 0 Å². The van der Waals surface area contributed by atoms with Gasteiger partial charge >= 0.3 is 0 Å². The van der Waals surface area contributed by atoms with Crippen molar-refractivity contribution in [1.82, 2.24) is 0 Å². The van der Waals surface area contributed by atoms with Gasteiger partial charge in [0.2, 0.25) is 0 Å². The van der Waals surface area contributed by atoms with Crippen LogP contribution in [-0.2, 0) is 20.9 Å². The molecule has 0 bridgehead atoms. The SMILES string of the molecule is FCC1ON=C2COC(COCc3ccccc3)CC21. The molecular formula is C15H18FNO3. The third kappa shape index (κ3) is 2.99. The fourth-order valence-electron chi connectivity index (χ4n) is 2.60. The summed E-state index contributed by atoms with van der Waals surface area (Å²) >= 11 is 0. The van der Waals surface area contributed by atoms with Crippen LogP contribution in [0.4, 0.5) is 4.39 Å². The number of benzene rings is 1. The molecule has 3 rings (SSSR count). The summed E-state index contributed by atoms with van der Waals surface area (Å²) in [6.07, 6.45) is 0.256. The molecule has 2 heterocycles. The number of nitrogens with zero attached hydrogens (tertiary/aromatic N) is 1. The van der Waals surface area contributed by atoms with Crippen molar-refractivity contribution in [2.45, 2.75) is 25.2 Å². The minimum absolute atomic E-state index is 0.0154. The molecule has 0 spiro atoms. The van der Waals surface area contributed by atoms with Crippen molar-refractivity contribution in [2.75, 3.05) is 19.9 Å². The molecule has 2 aliphatic rings. The first kappa shape index (κ1) is 13.5. The number of ether oxygens (including phenoxy) is 2. The first-order valence-corrected chi connectivity index (χ1v) is 6.88. The molecule has 0 N–H and O–H groups in total. The fraction of sp³-hybridized carbons (Fsp3) is 0.533. The Morgan fingerprint density at radius 1 is 1.30 bits per heavy atom. The van der Waals surface area contributed by atoms with E-state index in [9.17, 15) is 4.39 Å². The molecule has 2 aliphatic heterocycles. The van der Waals surface area contributed by atoms with Gasteiger partial charge in [0, 0.05) is 5.92 Å². The Hall–Kier alpha value is -1.46. The average molecular weight is 279 g/mol. The second kappa shape index (κ2) is 6.33. The highest BCUT2D eigenvalue weighted by atomic mass is 19.1. The van der Waals surface area contributed by atoms with Gasteiger partial charge in [-0.1, -0.05) is 35.5 Å². The average Bonchev–Trinajstić information content (AvgIpc) is 2.91. The van der Waals surface area contributed by atoms with Crippen LogP contribution in [0.1, 0.15) is 12.0 Å². The molecule has 20 heavy (non-hydrogen) atoms. The van der Waals surface area contributed by atoms with E-state index in [1.807, 2.05) is 30.3 Å². The Balaban J connectivity index is 1.46. The van der Waals surface area contributed by atoms with E-state index < -0.39 is 12.8 Å². The summed E-state index contributed by atoms with van der Waals surface area (Å²) in [5.41, 5.74) is 1.96. The van der Waals surface area contributed by atoms with E-state index in [-0.39, 0.29) is 12.0 Å². The predicted molar refractivity (Wildman–Crippen MR) is 72.2 cm³/mol. The fourth-order valence-corrected chi connectivity index (χ4v) is 2.60. The Morgan fingerprint density at radius 2 is 2.15 bits per heavy atom. The normalized spacial score (nSPS) is 28.6. The zero-order valence-corrected chi connectivity index (χ0v) is 11.2. The van der Waals surface area contributed by atoms with Gasteiger partial charge in [-0.3, -0.25) is 0 Å². The van der Waals surface area contributed by atoms with Crippen LogP contribution in [0.2, 0.25) is 0 Å². The van der Waals surface area contributed by atoms with Crippen molar-refractivity contribution < 1.29 is 18.7 Å². The zero-order chi connectivity index (χ0) is 13.8. The Kier molecular flexibility index (Phi) is 4.28. The number of alkyl halides is 1. The van der Waals surface area contributed by atoms with Crippen molar-refractivity contribution in [1.29, 1.82) is 0 Å². The maximum atomic E-state index is 12.8. The van der Waals surface area contributed by atoms with Gasteiger partial charge in [0.25, 0.3) is 0 Å². The highest BCUT2D eigenvalue weighted by Crippen LogP contribution is 2.29. The number of hydrogen-bond acceptors (Lipinski definition) is 4. The van der Waals surface area contributed by atoms with E-state index in [0.29, 0.717) is 26.2 Å². The summed E-state index contributed by atoms with van der Waals surface area (Å²) in [5.74, 6) is 0.0408. The first-order valence-electron chi connectivity index (χ1n) is 6.88. The van der Waals surface area contributed by atoms with Crippen LogP contribution >= 0.6 is 0 Å². The summed E-state index contributed by atoms with van der Waals surface area (Å²) in [7, 11) is 0. The van der Waals surface area contributed by atoms with Gasteiger partial charge in [0.1, 0.15) is 6.67 Å². The van der Waals surface area contributed by atoms with Gasteiger partial charge in [0.05, 0.1) is 31.6 Å². The lowest BCUT2D eigenvalue weighted by Gasteiger charge is -2.28. The minimum atomic E-state index is -0.505. The summed E-state index contributed by atoms with van der Waals surface area (Å²) in [4.78, 5) is 5.06. The first-order chi connectivity index (χ1) is 9.86. The topological polar surface area (TPSA) is 40.0 Å². The standard InChI is InChI=1S/C15H18FNO3/c16-7-15-13-6-12(19-10-14(13)17-20-15)9-18-8-11-4-2-1-3-5-11/h1-5,12-13,15H,6-10H2. The molecule has 1 fully saturated rings. The highest BCUT2D eigenvalue weighted by molar-refractivity contribution is 5.89. The minimum Gasteiger partial charge on any atom is -0.389 e. The Morgan fingerprint density at radius 3 is 2.95 bits per heavy atom. The Labute approximate surface area is 117 Å². The molecule has 3 atom stereocenters. The quantitative estimate of drug-likeness (QED) is 0.830. The molecule has 3 unspecified atom stereocenters. The van der Waals surface area contributed by atoms with Gasteiger partial charge in [-0.25, -0.2) is 4.39 Å². The van der Waals surface area contributed by atoms with Crippen molar-refractivity contribution >= 4 is 5.71 Å². The second-order valence-electron chi connectivity index (χ2n) is 5.16.